The summed E-state index contributed by atoms with van der Waals surface area (Å²) in [4.78, 5) is 0. The Labute approximate surface area is 121 Å². The molecule has 1 aliphatic rings. The summed E-state index contributed by atoms with van der Waals surface area (Å²) in [6, 6.07) is 5.93. The van der Waals surface area contributed by atoms with Gasteiger partial charge in [0, 0.05) is 6.54 Å². The van der Waals surface area contributed by atoms with Crippen molar-refractivity contribution in [1.82, 2.24) is 5.32 Å². The van der Waals surface area contributed by atoms with Gasteiger partial charge in [0.25, 0.3) is 0 Å². The van der Waals surface area contributed by atoms with Crippen molar-refractivity contribution < 1.29 is 14.6 Å². The Hall–Kier alpha value is -1.26. The largest absolute Gasteiger partial charge is 0.493 e. The predicted octanol–water partition coefficient (Wildman–Crippen LogP) is 2.49. The summed E-state index contributed by atoms with van der Waals surface area (Å²) in [7, 11) is 1.64. The molecular weight excluding hydrogens is 254 g/mol. The van der Waals surface area contributed by atoms with Crippen LogP contribution >= 0.6 is 0 Å². The van der Waals surface area contributed by atoms with Gasteiger partial charge in [-0.15, -0.1) is 0 Å². The highest BCUT2D eigenvalue weighted by Gasteiger charge is 2.32. The molecule has 0 aromatic heterocycles. The zero-order valence-electron chi connectivity index (χ0n) is 12.4. The molecule has 0 bridgehead atoms. The summed E-state index contributed by atoms with van der Waals surface area (Å²) in [6.45, 7) is 4.18. The van der Waals surface area contributed by atoms with Gasteiger partial charge in [-0.3, -0.25) is 0 Å². The summed E-state index contributed by atoms with van der Waals surface area (Å²) in [6.07, 6.45) is 3.82. The van der Waals surface area contributed by atoms with E-state index in [4.69, 9.17) is 9.47 Å². The van der Waals surface area contributed by atoms with Gasteiger partial charge in [-0.1, -0.05) is 25.8 Å². The Balaban J connectivity index is 1.99. The zero-order chi connectivity index (χ0) is 14.4. The molecule has 1 aliphatic carbocycles. The lowest BCUT2D eigenvalue weighted by molar-refractivity contribution is 0.000730. The molecule has 20 heavy (non-hydrogen) atoms. The van der Waals surface area contributed by atoms with Crippen molar-refractivity contribution in [2.24, 2.45) is 0 Å². The minimum absolute atomic E-state index is 0.343. The first-order valence-electron chi connectivity index (χ1n) is 7.40. The van der Waals surface area contributed by atoms with Gasteiger partial charge >= 0.3 is 0 Å². The highest BCUT2D eigenvalue weighted by atomic mass is 16.5. The lowest BCUT2D eigenvalue weighted by atomic mass is 10.0. The van der Waals surface area contributed by atoms with Crippen LogP contribution in [0.4, 0.5) is 0 Å². The van der Waals surface area contributed by atoms with Crippen molar-refractivity contribution in [3.63, 3.8) is 0 Å². The molecule has 2 N–H and O–H groups in total. The van der Waals surface area contributed by atoms with Crippen LogP contribution in [0.2, 0.25) is 0 Å². The number of hydrogen-bond donors (Lipinski definition) is 2. The molecule has 0 saturated heterocycles. The monoisotopic (exact) mass is 279 g/mol. The number of methoxy groups -OCH3 is 1. The van der Waals surface area contributed by atoms with Gasteiger partial charge in [0.15, 0.2) is 11.5 Å². The van der Waals surface area contributed by atoms with Crippen LogP contribution < -0.4 is 14.8 Å². The number of rotatable bonds is 7. The average Bonchev–Trinajstić information content (AvgIpc) is 2.90. The number of hydrogen-bond acceptors (Lipinski definition) is 4. The normalized spacial score (nSPS) is 17.1. The van der Waals surface area contributed by atoms with Gasteiger partial charge in [0.1, 0.15) is 6.61 Å². The molecule has 1 aromatic carbocycles. The van der Waals surface area contributed by atoms with Gasteiger partial charge in [0.2, 0.25) is 0 Å². The highest BCUT2D eigenvalue weighted by molar-refractivity contribution is 5.43. The molecule has 0 atom stereocenters. The van der Waals surface area contributed by atoms with Crippen molar-refractivity contribution in [3.8, 4) is 11.5 Å². The lowest BCUT2D eigenvalue weighted by Crippen LogP contribution is -2.32. The van der Waals surface area contributed by atoms with Crippen LogP contribution in [0.3, 0.4) is 0 Å². The third-order valence-corrected chi connectivity index (χ3v) is 3.84. The molecule has 1 saturated carbocycles. The van der Waals surface area contributed by atoms with Crippen LogP contribution in [0, 0.1) is 0 Å². The maximum absolute atomic E-state index is 10.3. The summed E-state index contributed by atoms with van der Waals surface area (Å²) in [5.74, 6) is 1.43. The summed E-state index contributed by atoms with van der Waals surface area (Å²) in [5, 5.41) is 13.6. The van der Waals surface area contributed by atoms with E-state index in [1.54, 1.807) is 7.11 Å². The van der Waals surface area contributed by atoms with Crippen LogP contribution in [-0.4, -0.2) is 31.0 Å². The van der Waals surface area contributed by atoms with Crippen LogP contribution in [0.5, 0.6) is 11.5 Å². The SMILES string of the molecule is CCNCc1ccc(OCC2(O)CCCC2)c(OC)c1. The van der Waals surface area contributed by atoms with Crippen molar-refractivity contribution >= 4 is 0 Å². The molecule has 4 nitrogen and oxygen atoms in total. The third-order valence-electron chi connectivity index (χ3n) is 3.84. The second-order valence-electron chi connectivity index (χ2n) is 5.49. The molecule has 4 heteroatoms. The maximum Gasteiger partial charge on any atom is 0.161 e. The first kappa shape index (κ1) is 15.1. The number of nitrogens with one attached hydrogen (secondary N) is 1. The Morgan fingerprint density at radius 3 is 2.65 bits per heavy atom. The van der Waals surface area contributed by atoms with E-state index in [1.807, 2.05) is 18.2 Å². The molecule has 0 spiro atoms. The molecule has 1 fully saturated rings. The molecule has 0 unspecified atom stereocenters. The second kappa shape index (κ2) is 6.95. The highest BCUT2D eigenvalue weighted by Crippen LogP contribution is 2.33. The van der Waals surface area contributed by atoms with Crippen molar-refractivity contribution in [1.29, 1.82) is 0 Å². The number of ether oxygens (including phenoxy) is 2. The Kier molecular flexibility index (Phi) is 5.26. The Morgan fingerprint density at radius 2 is 2.00 bits per heavy atom. The van der Waals surface area contributed by atoms with E-state index in [-0.39, 0.29) is 0 Å². The molecule has 2 rings (SSSR count). The summed E-state index contributed by atoms with van der Waals surface area (Å²) < 4.78 is 11.2. The number of aliphatic hydroxyl groups is 1. The topological polar surface area (TPSA) is 50.7 Å². The average molecular weight is 279 g/mol. The first-order valence-corrected chi connectivity index (χ1v) is 7.40. The Bertz CT molecular complexity index is 428. The zero-order valence-corrected chi connectivity index (χ0v) is 12.4. The lowest BCUT2D eigenvalue weighted by Gasteiger charge is -2.23. The van der Waals surface area contributed by atoms with Crippen molar-refractivity contribution in [2.45, 2.75) is 44.8 Å². The standard InChI is InChI=1S/C16H25NO3/c1-3-17-11-13-6-7-14(15(10-13)19-2)20-12-16(18)8-4-5-9-16/h6-7,10,17-18H,3-5,8-9,11-12H2,1-2H3. The van der Waals surface area contributed by atoms with E-state index in [9.17, 15) is 5.11 Å². The molecular formula is C16H25NO3. The van der Waals surface area contributed by atoms with E-state index in [0.717, 1.165) is 50.1 Å². The van der Waals surface area contributed by atoms with Crippen LogP contribution in [0.15, 0.2) is 18.2 Å². The van der Waals surface area contributed by atoms with E-state index < -0.39 is 5.60 Å². The van der Waals surface area contributed by atoms with Crippen LogP contribution in [0.25, 0.3) is 0 Å². The van der Waals surface area contributed by atoms with Gasteiger partial charge in [0.05, 0.1) is 12.7 Å². The van der Waals surface area contributed by atoms with E-state index in [1.165, 1.54) is 0 Å². The van der Waals surface area contributed by atoms with Gasteiger partial charge in [-0.25, -0.2) is 0 Å². The van der Waals surface area contributed by atoms with Gasteiger partial charge in [-0.05, 0) is 37.1 Å². The molecule has 0 amide bonds. The number of benzene rings is 1. The smallest absolute Gasteiger partial charge is 0.161 e. The molecule has 0 radical (unpaired) electrons. The van der Waals surface area contributed by atoms with E-state index >= 15 is 0 Å². The fourth-order valence-corrected chi connectivity index (χ4v) is 2.60. The van der Waals surface area contributed by atoms with Gasteiger partial charge in [-0.2, -0.15) is 0 Å². The van der Waals surface area contributed by atoms with Crippen LogP contribution in [-0.2, 0) is 6.54 Å². The van der Waals surface area contributed by atoms with Crippen LogP contribution in [0.1, 0.15) is 38.2 Å². The molecule has 0 aliphatic heterocycles. The molecule has 112 valence electrons. The van der Waals surface area contributed by atoms with Gasteiger partial charge < -0.3 is 19.9 Å². The molecule has 1 aromatic rings. The summed E-state index contributed by atoms with van der Waals surface area (Å²) >= 11 is 0. The quantitative estimate of drug-likeness (QED) is 0.805. The second-order valence-corrected chi connectivity index (χ2v) is 5.49. The van der Waals surface area contributed by atoms with Crippen molar-refractivity contribution in [3.05, 3.63) is 23.8 Å². The predicted molar refractivity (Wildman–Crippen MR) is 79.3 cm³/mol. The maximum atomic E-state index is 10.3. The minimum Gasteiger partial charge on any atom is -0.493 e. The fraction of sp³-hybridized carbons (Fsp3) is 0.625. The first-order chi connectivity index (χ1) is 9.67. The Morgan fingerprint density at radius 1 is 1.25 bits per heavy atom. The van der Waals surface area contributed by atoms with E-state index in [0.29, 0.717) is 12.4 Å². The molecule has 0 heterocycles. The fourth-order valence-electron chi connectivity index (χ4n) is 2.60. The van der Waals surface area contributed by atoms with E-state index in [2.05, 4.69) is 12.2 Å². The van der Waals surface area contributed by atoms with Crippen molar-refractivity contribution in [2.75, 3.05) is 20.3 Å². The summed E-state index contributed by atoms with van der Waals surface area (Å²) in [5.41, 5.74) is 0.503. The third kappa shape index (κ3) is 3.87. The minimum atomic E-state index is -0.659.